The first-order chi connectivity index (χ1) is 18.6. The summed E-state index contributed by atoms with van der Waals surface area (Å²) in [5.74, 6) is 1.15. The lowest BCUT2D eigenvalue weighted by Crippen LogP contribution is -2.47. The Labute approximate surface area is 221 Å². The monoisotopic (exact) mass is 518 g/mol. The molecule has 3 heterocycles. The number of rotatable bonds is 8. The van der Waals surface area contributed by atoms with Crippen molar-refractivity contribution >= 4 is 17.3 Å². The Balaban J connectivity index is 1.24. The van der Waals surface area contributed by atoms with Gasteiger partial charge in [0, 0.05) is 56.2 Å². The molecule has 0 saturated carbocycles. The van der Waals surface area contributed by atoms with Crippen molar-refractivity contribution in [3.63, 3.8) is 0 Å². The van der Waals surface area contributed by atoms with E-state index in [0.29, 0.717) is 41.6 Å². The molecule has 198 valence electrons. The number of anilines is 3. The highest BCUT2D eigenvalue weighted by Gasteiger charge is 2.27. The van der Waals surface area contributed by atoms with Crippen LogP contribution in [0, 0.1) is 11.3 Å². The van der Waals surface area contributed by atoms with Crippen molar-refractivity contribution in [1.29, 1.82) is 5.26 Å². The highest BCUT2D eigenvalue weighted by atomic mass is 19.1. The molecule has 2 saturated heterocycles. The number of halogens is 1. The number of aromatic nitrogens is 3. The van der Waals surface area contributed by atoms with E-state index in [2.05, 4.69) is 53.6 Å². The molecule has 2 fully saturated rings. The maximum atomic E-state index is 14.2. The van der Waals surface area contributed by atoms with Crippen molar-refractivity contribution in [2.24, 2.45) is 0 Å². The van der Waals surface area contributed by atoms with Gasteiger partial charge in [0.15, 0.2) is 5.82 Å². The van der Waals surface area contributed by atoms with E-state index >= 15 is 0 Å². The molecule has 3 N–H and O–H groups in total. The van der Waals surface area contributed by atoms with Crippen LogP contribution in [0.5, 0.6) is 5.75 Å². The van der Waals surface area contributed by atoms with Gasteiger partial charge in [-0.3, -0.25) is 4.90 Å². The lowest BCUT2D eigenvalue weighted by atomic mass is 10.1. The van der Waals surface area contributed by atoms with E-state index in [0.717, 1.165) is 44.1 Å². The number of piperazine rings is 1. The largest absolute Gasteiger partial charge is 0.486 e. The van der Waals surface area contributed by atoms with Crippen molar-refractivity contribution in [2.45, 2.75) is 18.7 Å². The van der Waals surface area contributed by atoms with E-state index in [1.807, 2.05) is 12.1 Å². The first-order valence-electron chi connectivity index (χ1n) is 12.8. The summed E-state index contributed by atoms with van der Waals surface area (Å²) in [5.41, 5.74) is 2.92. The van der Waals surface area contributed by atoms with E-state index in [1.165, 1.54) is 6.33 Å². The predicted octanol–water partition coefficient (Wildman–Crippen LogP) is 2.35. The number of nitriles is 1. The van der Waals surface area contributed by atoms with Crippen LogP contribution in [0.25, 0.3) is 11.4 Å². The minimum absolute atomic E-state index is 0.192. The number of nitrogens with zero attached hydrogens (tertiary/aromatic N) is 6. The highest BCUT2D eigenvalue weighted by Crippen LogP contribution is 2.28. The number of alkyl halides is 1. The van der Waals surface area contributed by atoms with Gasteiger partial charge in [0.1, 0.15) is 30.4 Å². The van der Waals surface area contributed by atoms with Crippen LogP contribution in [0.2, 0.25) is 0 Å². The third-order valence-corrected chi connectivity index (χ3v) is 6.83. The van der Waals surface area contributed by atoms with Crippen molar-refractivity contribution in [1.82, 2.24) is 25.2 Å². The first-order valence-corrected chi connectivity index (χ1v) is 12.8. The van der Waals surface area contributed by atoms with Crippen molar-refractivity contribution in [2.75, 3.05) is 62.6 Å². The number of nitrogens with one attached hydrogen (secondary N) is 2. The molecule has 0 amide bonds. The van der Waals surface area contributed by atoms with Gasteiger partial charge in [0.25, 0.3) is 0 Å². The topological polar surface area (TPSA) is 122 Å². The van der Waals surface area contributed by atoms with Gasteiger partial charge < -0.3 is 25.4 Å². The lowest BCUT2D eigenvalue weighted by molar-refractivity contribution is 0.0729. The summed E-state index contributed by atoms with van der Waals surface area (Å²) < 4.78 is 20.0. The van der Waals surface area contributed by atoms with Crippen LogP contribution in [0.1, 0.15) is 12.0 Å². The zero-order valence-corrected chi connectivity index (χ0v) is 21.1. The Morgan fingerprint density at radius 3 is 2.68 bits per heavy atom. The second-order valence-corrected chi connectivity index (χ2v) is 9.34. The van der Waals surface area contributed by atoms with Gasteiger partial charge in [0.2, 0.25) is 5.95 Å². The summed E-state index contributed by atoms with van der Waals surface area (Å²) in [7, 11) is 0. The van der Waals surface area contributed by atoms with E-state index in [9.17, 15) is 9.65 Å². The summed E-state index contributed by atoms with van der Waals surface area (Å²) in [5, 5.41) is 25.0. The predicted molar refractivity (Wildman–Crippen MR) is 142 cm³/mol. The first kappa shape index (κ1) is 25.8. The molecule has 3 aromatic rings. The summed E-state index contributed by atoms with van der Waals surface area (Å²) in [6, 6.07) is 15.3. The van der Waals surface area contributed by atoms with Crippen LogP contribution < -0.4 is 20.3 Å². The molecule has 2 aliphatic rings. The van der Waals surface area contributed by atoms with Gasteiger partial charge in [-0.1, -0.05) is 0 Å². The Morgan fingerprint density at radius 2 is 1.95 bits per heavy atom. The molecule has 2 atom stereocenters. The van der Waals surface area contributed by atoms with E-state index in [1.54, 1.807) is 18.2 Å². The van der Waals surface area contributed by atoms with Gasteiger partial charge in [0.05, 0.1) is 12.2 Å². The van der Waals surface area contributed by atoms with E-state index in [4.69, 9.17) is 9.84 Å². The van der Waals surface area contributed by atoms with E-state index < -0.39 is 12.3 Å². The fourth-order valence-electron chi connectivity index (χ4n) is 4.70. The lowest BCUT2D eigenvalue weighted by Gasteiger charge is -2.35. The summed E-state index contributed by atoms with van der Waals surface area (Å²) in [4.78, 5) is 17.6. The highest BCUT2D eigenvalue weighted by molar-refractivity contribution is 5.64. The van der Waals surface area contributed by atoms with Gasteiger partial charge in [-0.05, 0) is 55.4 Å². The van der Waals surface area contributed by atoms with Crippen molar-refractivity contribution in [3.8, 4) is 23.2 Å². The van der Waals surface area contributed by atoms with Gasteiger partial charge in [-0.15, -0.1) is 0 Å². The Kier molecular flexibility index (Phi) is 8.23. The number of piperidine rings is 1. The second kappa shape index (κ2) is 12.1. The summed E-state index contributed by atoms with van der Waals surface area (Å²) >= 11 is 0. The van der Waals surface area contributed by atoms with Crippen molar-refractivity contribution < 1.29 is 14.2 Å². The van der Waals surface area contributed by atoms with Crippen LogP contribution in [-0.2, 0) is 0 Å². The molecule has 0 spiro atoms. The molecule has 0 aliphatic carbocycles. The van der Waals surface area contributed by atoms with E-state index in [-0.39, 0.29) is 13.2 Å². The maximum absolute atomic E-state index is 14.2. The number of aliphatic hydroxyl groups excluding tert-OH is 1. The number of ether oxygens (including phenoxy) is 1. The molecule has 5 rings (SSSR count). The number of hydrogen-bond donors (Lipinski definition) is 3. The van der Waals surface area contributed by atoms with Gasteiger partial charge in [-0.25, -0.2) is 14.4 Å². The zero-order chi connectivity index (χ0) is 26.3. The Morgan fingerprint density at radius 1 is 1.13 bits per heavy atom. The molecule has 0 bridgehead atoms. The Bertz CT molecular complexity index is 1260. The maximum Gasteiger partial charge on any atom is 0.230 e. The fraction of sp³-hybridized carbons (Fsp3) is 0.407. The molecule has 11 heteroatoms. The van der Waals surface area contributed by atoms with Crippen molar-refractivity contribution in [3.05, 3.63) is 54.4 Å². The van der Waals surface area contributed by atoms with Crippen LogP contribution >= 0.6 is 0 Å². The molecule has 10 nitrogen and oxygen atoms in total. The minimum atomic E-state index is -1.12. The molecule has 0 radical (unpaired) electrons. The Hall–Kier alpha value is -3.85. The quantitative estimate of drug-likeness (QED) is 0.410. The average Bonchev–Trinajstić information content (AvgIpc) is 2.96. The molecule has 1 aromatic heterocycles. The van der Waals surface area contributed by atoms with Crippen LogP contribution in [-0.4, -0.2) is 89.7 Å². The SMILES string of the molecule is N#Cc1cc(-c2ncnc(Nc3ccc(N4CCN(CCO)CC4)cc3)n2)ccc1O[C@H]1CCNC[C@H]1F. The van der Waals surface area contributed by atoms with Gasteiger partial charge in [-0.2, -0.15) is 10.2 Å². The van der Waals surface area contributed by atoms with Crippen LogP contribution in [0.3, 0.4) is 0 Å². The molecule has 38 heavy (non-hydrogen) atoms. The number of benzene rings is 2. The third kappa shape index (κ3) is 6.16. The standard InChI is InChI=1S/C27H31FN8O2/c28-23-17-30-8-7-25(23)38-24-6-1-19(15-20(24)16-29)26-31-18-32-27(34-26)33-21-2-4-22(5-3-21)36-11-9-35(10-12-36)13-14-37/h1-6,15,18,23,25,30,37H,7-14,17H2,(H,31,32,33,34)/t23-,25+/m1/s1. The molecular weight excluding hydrogens is 487 g/mol. The number of hydrogen-bond acceptors (Lipinski definition) is 10. The summed E-state index contributed by atoms with van der Waals surface area (Å²) in [6.07, 6.45) is 0.260. The number of aliphatic hydroxyl groups is 1. The minimum Gasteiger partial charge on any atom is -0.486 e. The molecule has 0 unspecified atom stereocenters. The van der Waals surface area contributed by atoms with Gasteiger partial charge >= 0.3 is 0 Å². The van der Waals surface area contributed by atoms with Crippen LogP contribution in [0.15, 0.2) is 48.8 Å². The third-order valence-electron chi connectivity index (χ3n) is 6.83. The zero-order valence-electron chi connectivity index (χ0n) is 21.1. The molecule has 2 aliphatic heterocycles. The fourth-order valence-corrected chi connectivity index (χ4v) is 4.70. The average molecular weight is 519 g/mol. The number of β-amino-alcohol motifs (C(OH)–C–C–N with tert-alkyl or cyclic N) is 1. The summed E-state index contributed by atoms with van der Waals surface area (Å²) in [6.45, 7) is 5.55. The van der Waals surface area contributed by atoms with Crippen LogP contribution in [0.4, 0.5) is 21.7 Å². The second-order valence-electron chi connectivity index (χ2n) is 9.34. The molecule has 2 aromatic carbocycles. The smallest absolute Gasteiger partial charge is 0.230 e. The molecular formula is C27H31FN8O2. The normalized spacial score (nSPS) is 20.1.